The zero-order valence-corrected chi connectivity index (χ0v) is 10.5. The van der Waals surface area contributed by atoms with Crippen LogP contribution < -0.4 is 11.1 Å². The molecule has 0 aliphatic rings. The first kappa shape index (κ1) is 12.5. The highest BCUT2D eigenvalue weighted by atomic mass is 15.2. The minimum absolute atomic E-state index is 0.203. The lowest BCUT2D eigenvalue weighted by Gasteiger charge is -2.07. The number of nitrogens with two attached hydrogens (primary N) is 1. The third-order valence-electron chi connectivity index (χ3n) is 2.64. The topological polar surface area (TPSA) is 63.8 Å². The molecule has 0 aliphatic carbocycles. The number of aromatic nitrogens is 2. The normalized spacial score (nSPS) is 12.1. The Morgan fingerprint density at radius 1 is 1.11 bits per heavy atom. The molecule has 1 heterocycles. The van der Waals surface area contributed by atoms with Crippen LogP contribution in [0.3, 0.4) is 0 Å². The van der Waals surface area contributed by atoms with Crippen LogP contribution in [0.15, 0.2) is 42.5 Å². The van der Waals surface area contributed by atoms with Crippen molar-refractivity contribution >= 4 is 5.82 Å². The van der Waals surface area contributed by atoms with Gasteiger partial charge in [-0.3, -0.25) is 0 Å². The minimum Gasteiger partial charge on any atom is -0.369 e. The van der Waals surface area contributed by atoms with E-state index in [9.17, 15) is 0 Å². The van der Waals surface area contributed by atoms with Gasteiger partial charge in [-0.15, -0.1) is 10.2 Å². The van der Waals surface area contributed by atoms with Crippen molar-refractivity contribution in [1.29, 1.82) is 0 Å². The fourth-order valence-electron chi connectivity index (χ4n) is 1.62. The molecule has 1 unspecified atom stereocenters. The Bertz CT molecular complexity index is 465. The lowest BCUT2D eigenvalue weighted by molar-refractivity contribution is 0.688. The molecule has 1 aromatic heterocycles. The van der Waals surface area contributed by atoms with Crippen molar-refractivity contribution in [3.8, 4) is 11.3 Å². The molecule has 0 radical (unpaired) electrons. The molecular weight excluding hydrogens is 224 g/mol. The molecule has 0 amide bonds. The summed E-state index contributed by atoms with van der Waals surface area (Å²) in [5, 5.41) is 11.6. The van der Waals surface area contributed by atoms with Crippen molar-refractivity contribution < 1.29 is 0 Å². The Hall–Kier alpha value is -1.94. The van der Waals surface area contributed by atoms with E-state index in [1.807, 2.05) is 49.4 Å². The van der Waals surface area contributed by atoms with E-state index in [1.165, 1.54) is 0 Å². The summed E-state index contributed by atoms with van der Waals surface area (Å²) in [5.41, 5.74) is 7.64. The average molecular weight is 242 g/mol. The maximum Gasteiger partial charge on any atom is 0.148 e. The quantitative estimate of drug-likeness (QED) is 0.844. The Morgan fingerprint density at radius 2 is 1.89 bits per heavy atom. The summed E-state index contributed by atoms with van der Waals surface area (Å²) >= 11 is 0. The highest BCUT2D eigenvalue weighted by Gasteiger charge is 2.00. The fourth-order valence-corrected chi connectivity index (χ4v) is 1.62. The summed E-state index contributed by atoms with van der Waals surface area (Å²) in [4.78, 5) is 0. The van der Waals surface area contributed by atoms with E-state index in [4.69, 9.17) is 5.73 Å². The van der Waals surface area contributed by atoms with Crippen LogP contribution in [0.25, 0.3) is 11.3 Å². The predicted octanol–water partition coefficient (Wildman–Crippen LogP) is 2.29. The van der Waals surface area contributed by atoms with E-state index in [1.54, 1.807) is 0 Å². The Labute approximate surface area is 107 Å². The minimum atomic E-state index is 0.203. The summed E-state index contributed by atoms with van der Waals surface area (Å²) in [6.45, 7) is 2.81. The van der Waals surface area contributed by atoms with E-state index in [2.05, 4.69) is 15.5 Å². The largest absolute Gasteiger partial charge is 0.369 e. The summed E-state index contributed by atoms with van der Waals surface area (Å²) in [6, 6.07) is 14.1. The summed E-state index contributed by atoms with van der Waals surface area (Å²) in [6.07, 6.45) is 0.919. The van der Waals surface area contributed by atoms with Crippen LogP contribution in [0.5, 0.6) is 0 Å². The SMILES string of the molecule is CC(N)CCNc1ccc(-c2ccccc2)nn1. The Kier molecular flexibility index (Phi) is 4.25. The number of anilines is 1. The zero-order chi connectivity index (χ0) is 12.8. The fraction of sp³-hybridized carbons (Fsp3) is 0.286. The molecule has 94 valence electrons. The summed E-state index contributed by atoms with van der Waals surface area (Å²) in [7, 11) is 0. The van der Waals surface area contributed by atoms with E-state index in [0.29, 0.717) is 0 Å². The second-order valence-corrected chi connectivity index (χ2v) is 4.36. The number of hydrogen-bond donors (Lipinski definition) is 2. The Morgan fingerprint density at radius 3 is 2.50 bits per heavy atom. The predicted molar refractivity (Wildman–Crippen MR) is 74.2 cm³/mol. The molecule has 0 aliphatic heterocycles. The molecule has 2 aromatic rings. The van der Waals surface area contributed by atoms with Crippen LogP contribution in [-0.4, -0.2) is 22.8 Å². The molecule has 4 nitrogen and oxygen atoms in total. The summed E-state index contributed by atoms with van der Waals surface area (Å²) < 4.78 is 0. The van der Waals surface area contributed by atoms with Crippen molar-refractivity contribution in [2.75, 3.05) is 11.9 Å². The third kappa shape index (κ3) is 3.53. The molecule has 1 aromatic carbocycles. The van der Waals surface area contributed by atoms with Crippen LogP contribution in [0.2, 0.25) is 0 Å². The maximum absolute atomic E-state index is 5.68. The number of benzene rings is 1. The highest BCUT2D eigenvalue weighted by molar-refractivity contribution is 5.59. The van der Waals surface area contributed by atoms with E-state index in [0.717, 1.165) is 30.0 Å². The lowest BCUT2D eigenvalue weighted by atomic mass is 10.1. The first-order chi connectivity index (χ1) is 8.75. The van der Waals surface area contributed by atoms with Crippen molar-refractivity contribution in [2.45, 2.75) is 19.4 Å². The molecule has 0 saturated heterocycles. The molecule has 1 atom stereocenters. The van der Waals surface area contributed by atoms with Gasteiger partial charge in [0.25, 0.3) is 0 Å². The number of nitrogens with one attached hydrogen (secondary N) is 1. The van der Waals surface area contributed by atoms with Gasteiger partial charge < -0.3 is 11.1 Å². The Balaban J connectivity index is 1.98. The number of rotatable bonds is 5. The van der Waals surface area contributed by atoms with E-state index < -0.39 is 0 Å². The van der Waals surface area contributed by atoms with Crippen LogP contribution in [-0.2, 0) is 0 Å². The zero-order valence-electron chi connectivity index (χ0n) is 10.5. The van der Waals surface area contributed by atoms with E-state index >= 15 is 0 Å². The first-order valence-corrected chi connectivity index (χ1v) is 6.14. The van der Waals surface area contributed by atoms with Crippen molar-refractivity contribution in [3.05, 3.63) is 42.5 Å². The van der Waals surface area contributed by atoms with Crippen LogP contribution in [0, 0.1) is 0 Å². The van der Waals surface area contributed by atoms with Crippen LogP contribution in [0.1, 0.15) is 13.3 Å². The van der Waals surface area contributed by atoms with E-state index in [-0.39, 0.29) is 6.04 Å². The maximum atomic E-state index is 5.68. The van der Waals surface area contributed by atoms with Gasteiger partial charge in [0.15, 0.2) is 0 Å². The van der Waals surface area contributed by atoms with Gasteiger partial charge in [-0.1, -0.05) is 30.3 Å². The van der Waals surface area contributed by atoms with Crippen LogP contribution in [0.4, 0.5) is 5.82 Å². The monoisotopic (exact) mass is 242 g/mol. The van der Waals surface area contributed by atoms with Crippen molar-refractivity contribution in [1.82, 2.24) is 10.2 Å². The van der Waals surface area contributed by atoms with Gasteiger partial charge >= 0.3 is 0 Å². The van der Waals surface area contributed by atoms with Gasteiger partial charge in [-0.05, 0) is 25.5 Å². The van der Waals surface area contributed by atoms with Gasteiger partial charge in [-0.2, -0.15) is 0 Å². The molecular formula is C14H18N4. The molecule has 0 spiro atoms. The van der Waals surface area contributed by atoms with Crippen molar-refractivity contribution in [2.24, 2.45) is 5.73 Å². The number of hydrogen-bond acceptors (Lipinski definition) is 4. The van der Waals surface area contributed by atoms with Gasteiger partial charge in [0.05, 0.1) is 5.69 Å². The molecule has 4 heteroatoms. The standard InChI is InChI=1S/C14H18N4/c1-11(15)9-10-16-14-8-7-13(17-18-14)12-5-3-2-4-6-12/h2-8,11H,9-10,15H2,1H3,(H,16,18). The smallest absolute Gasteiger partial charge is 0.148 e. The second kappa shape index (κ2) is 6.12. The van der Waals surface area contributed by atoms with Crippen LogP contribution >= 0.6 is 0 Å². The van der Waals surface area contributed by atoms with Gasteiger partial charge in [-0.25, -0.2) is 0 Å². The first-order valence-electron chi connectivity index (χ1n) is 6.14. The second-order valence-electron chi connectivity index (χ2n) is 4.36. The molecule has 0 bridgehead atoms. The van der Waals surface area contributed by atoms with Gasteiger partial charge in [0.1, 0.15) is 5.82 Å². The van der Waals surface area contributed by atoms with Gasteiger partial charge in [0.2, 0.25) is 0 Å². The van der Waals surface area contributed by atoms with Crippen molar-refractivity contribution in [3.63, 3.8) is 0 Å². The lowest BCUT2D eigenvalue weighted by Crippen LogP contribution is -2.19. The van der Waals surface area contributed by atoms with Gasteiger partial charge in [0, 0.05) is 18.2 Å². The average Bonchev–Trinajstić information content (AvgIpc) is 2.40. The number of nitrogens with zero attached hydrogens (tertiary/aromatic N) is 2. The molecule has 0 fully saturated rings. The molecule has 18 heavy (non-hydrogen) atoms. The summed E-state index contributed by atoms with van der Waals surface area (Å²) in [5.74, 6) is 0.787. The molecule has 2 rings (SSSR count). The molecule has 3 N–H and O–H groups in total. The highest BCUT2D eigenvalue weighted by Crippen LogP contribution is 2.16. The molecule has 0 saturated carbocycles. The third-order valence-corrected chi connectivity index (χ3v) is 2.64.